The Kier molecular flexibility index (Phi) is 4.27. The molecule has 118 valence electrons. The zero-order valence-electron chi connectivity index (χ0n) is 12.2. The van der Waals surface area contributed by atoms with Crippen LogP contribution in [0.4, 0.5) is 10.6 Å². The number of nitrogens with zero attached hydrogens (tertiary/aromatic N) is 2. The first-order valence-electron chi connectivity index (χ1n) is 6.57. The second kappa shape index (κ2) is 5.54. The van der Waals surface area contributed by atoms with Crippen molar-refractivity contribution in [2.75, 3.05) is 4.31 Å². The maximum absolute atomic E-state index is 12.5. The molecule has 1 heterocycles. The van der Waals surface area contributed by atoms with Crippen LogP contribution in [0.3, 0.4) is 0 Å². The minimum Gasteiger partial charge on any atom is -0.443 e. The summed E-state index contributed by atoms with van der Waals surface area (Å²) >= 11 is 1.21. The molecule has 1 amide bonds. The standard InChI is InChI=1S/C12H19N3O4S2/c1-12(2,3)19-11(16)15(21(17,18)8-4-5-8)9-7-20-10(6-13)14-9/h7-8H,4-6,13H2,1-3H3. The van der Waals surface area contributed by atoms with Gasteiger partial charge in [0.1, 0.15) is 10.6 Å². The van der Waals surface area contributed by atoms with Crippen molar-refractivity contribution in [2.24, 2.45) is 5.73 Å². The first kappa shape index (κ1) is 16.2. The lowest BCUT2D eigenvalue weighted by Gasteiger charge is -2.25. The van der Waals surface area contributed by atoms with Gasteiger partial charge in [-0.25, -0.2) is 18.2 Å². The minimum atomic E-state index is -3.79. The third kappa shape index (κ3) is 3.72. The fourth-order valence-corrected chi connectivity index (χ4v) is 3.97. The van der Waals surface area contributed by atoms with E-state index in [1.807, 2.05) is 0 Å². The second-order valence-electron chi connectivity index (χ2n) is 5.79. The lowest BCUT2D eigenvalue weighted by Crippen LogP contribution is -2.42. The quantitative estimate of drug-likeness (QED) is 0.902. The molecule has 0 unspecified atom stereocenters. The molecule has 9 heteroatoms. The van der Waals surface area contributed by atoms with Gasteiger partial charge in [0, 0.05) is 11.9 Å². The molecule has 1 aliphatic rings. The van der Waals surface area contributed by atoms with E-state index in [1.54, 1.807) is 20.8 Å². The largest absolute Gasteiger partial charge is 0.443 e. The van der Waals surface area contributed by atoms with Crippen molar-refractivity contribution in [1.29, 1.82) is 0 Å². The van der Waals surface area contributed by atoms with Crippen molar-refractivity contribution in [3.63, 3.8) is 0 Å². The van der Waals surface area contributed by atoms with Gasteiger partial charge in [0.15, 0.2) is 5.82 Å². The van der Waals surface area contributed by atoms with Gasteiger partial charge in [-0.05, 0) is 33.6 Å². The monoisotopic (exact) mass is 333 g/mol. The van der Waals surface area contributed by atoms with Gasteiger partial charge in [-0.3, -0.25) is 0 Å². The number of anilines is 1. The number of thiazole rings is 1. The van der Waals surface area contributed by atoms with Crippen molar-refractivity contribution in [3.8, 4) is 0 Å². The zero-order valence-corrected chi connectivity index (χ0v) is 13.8. The topological polar surface area (TPSA) is 103 Å². The average Bonchev–Trinajstić information content (AvgIpc) is 3.09. The molecule has 21 heavy (non-hydrogen) atoms. The van der Waals surface area contributed by atoms with Crippen LogP contribution in [0.15, 0.2) is 5.38 Å². The lowest BCUT2D eigenvalue weighted by atomic mass is 10.2. The first-order valence-corrected chi connectivity index (χ1v) is 8.95. The minimum absolute atomic E-state index is 0.0570. The Hall–Kier alpha value is -1.19. The van der Waals surface area contributed by atoms with Crippen molar-refractivity contribution in [3.05, 3.63) is 10.4 Å². The van der Waals surface area contributed by atoms with Gasteiger partial charge in [-0.15, -0.1) is 11.3 Å². The smallest absolute Gasteiger partial charge is 0.430 e. The fourth-order valence-electron chi connectivity index (χ4n) is 1.63. The molecule has 1 fully saturated rings. The van der Waals surface area contributed by atoms with Gasteiger partial charge in [-0.1, -0.05) is 0 Å². The number of hydrogen-bond acceptors (Lipinski definition) is 7. The highest BCUT2D eigenvalue weighted by Crippen LogP contribution is 2.34. The van der Waals surface area contributed by atoms with Crippen LogP contribution in [0.5, 0.6) is 0 Å². The fraction of sp³-hybridized carbons (Fsp3) is 0.667. The van der Waals surface area contributed by atoms with Crippen LogP contribution < -0.4 is 10.0 Å². The van der Waals surface area contributed by atoms with Crippen LogP contribution in [0.25, 0.3) is 0 Å². The lowest BCUT2D eigenvalue weighted by molar-refractivity contribution is 0.0608. The van der Waals surface area contributed by atoms with E-state index < -0.39 is 27.0 Å². The summed E-state index contributed by atoms with van der Waals surface area (Å²) < 4.78 is 30.8. The maximum Gasteiger partial charge on any atom is 0.430 e. The van der Waals surface area contributed by atoms with E-state index in [2.05, 4.69) is 4.98 Å². The molecule has 0 aliphatic heterocycles. The summed E-state index contributed by atoms with van der Waals surface area (Å²) in [6.45, 7) is 5.23. The number of ether oxygens (including phenoxy) is 1. The van der Waals surface area contributed by atoms with Gasteiger partial charge < -0.3 is 10.5 Å². The van der Waals surface area contributed by atoms with E-state index in [-0.39, 0.29) is 12.4 Å². The predicted molar refractivity (Wildman–Crippen MR) is 80.7 cm³/mol. The predicted octanol–water partition coefficient (Wildman–Crippen LogP) is 1.84. The molecule has 0 spiro atoms. The SMILES string of the molecule is CC(C)(C)OC(=O)N(c1csc(CN)n1)S(=O)(=O)C1CC1. The van der Waals surface area contributed by atoms with Crippen LogP contribution in [0.2, 0.25) is 0 Å². The number of carbonyl (C=O) groups is 1. The molecule has 0 bridgehead atoms. The Morgan fingerprint density at radius 3 is 2.57 bits per heavy atom. The van der Waals surface area contributed by atoms with Crippen molar-refractivity contribution >= 4 is 33.3 Å². The summed E-state index contributed by atoms with van der Waals surface area (Å²) in [4.78, 5) is 16.4. The van der Waals surface area contributed by atoms with Crippen molar-refractivity contribution < 1.29 is 17.9 Å². The summed E-state index contributed by atoms with van der Waals surface area (Å²) in [5, 5.41) is 1.53. The van der Waals surface area contributed by atoms with E-state index >= 15 is 0 Å². The van der Waals surface area contributed by atoms with E-state index in [0.29, 0.717) is 22.2 Å². The van der Waals surface area contributed by atoms with Crippen LogP contribution in [-0.4, -0.2) is 30.3 Å². The molecule has 1 aromatic heterocycles. The Balaban J connectivity index is 2.37. The first-order chi connectivity index (χ1) is 9.65. The molecule has 0 radical (unpaired) electrons. The number of sulfonamides is 1. The van der Waals surface area contributed by atoms with Gasteiger partial charge in [0.05, 0.1) is 5.25 Å². The van der Waals surface area contributed by atoms with Gasteiger partial charge in [0.25, 0.3) is 0 Å². The molecular weight excluding hydrogens is 314 g/mol. The summed E-state index contributed by atoms with van der Waals surface area (Å²) in [5.74, 6) is 0.0570. The molecule has 1 saturated carbocycles. The van der Waals surface area contributed by atoms with E-state index in [4.69, 9.17) is 10.5 Å². The molecular formula is C12H19N3O4S2. The number of nitrogens with two attached hydrogens (primary N) is 1. The van der Waals surface area contributed by atoms with E-state index in [9.17, 15) is 13.2 Å². The molecule has 1 aromatic rings. The summed E-state index contributed by atoms with van der Waals surface area (Å²) in [7, 11) is -3.79. The van der Waals surface area contributed by atoms with Gasteiger partial charge in [-0.2, -0.15) is 4.31 Å². The Bertz CT molecular complexity index is 629. The molecule has 0 aromatic carbocycles. The second-order valence-corrected chi connectivity index (χ2v) is 8.80. The average molecular weight is 333 g/mol. The normalized spacial score (nSPS) is 15.8. The molecule has 1 aliphatic carbocycles. The zero-order chi connectivity index (χ0) is 15.8. The molecule has 2 rings (SSSR count). The van der Waals surface area contributed by atoms with Crippen molar-refractivity contribution in [1.82, 2.24) is 4.98 Å². The highest BCUT2D eigenvalue weighted by Gasteiger charge is 2.45. The van der Waals surface area contributed by atoms with Crippen LogP contribution >= 0.6 is 11.3 Å². The van der Waals surface area contributed by atoms with Gasteiger partial charge >= 0.3 is 6.09 Å². The van der Waals surface area contributed by atoms with Crippen molar-refractivity contribution in [2.45, 2.75) is 51.0 Å². The maximum atomic E-state index is 12.5. The Morgan fingerprint density at radius 1 is 1.52 bits per heavy atom. The number of carbonyl (C=O) groups excluding carboxylic acids is 1. The molecule has 0 atom stereocenters. The number of aromatic nitrogens is 1. The van der Waals surface area contributed by atoms with E-state index in [0.717, 1.165) is 0 Å². The molecule has 0 saturated heterocycles. The van der Waals surface area contributed by atoms with Crippen LogP contribution in [0.1, 0.15) is 38.6 Å². The third-order valence-electron chi connectivity index (χ3n) is 2.68. The highest BCUT2D eigenvalue weighted by molar-refractivity contribution is 7.94. The van der Waals surface area contributed by atoms with E-state index in [1.165, 1.54) is 16.7 Å². The molecule has 7 nitrogen and oxygen atoms in total. The number of rotatable bonds is 4. The number of hydrogen-bond donors (Lipinski definition) is 1. The Labute approximate surface area is 128 Å². The Morgan fingerprint density at radius 2 is 2.14 bits per heavy atom. The summed E-state index contributed by atoms with van der Waals surface area (Å²) in [6.07, 6.45) is 0.175. The number of amides is 1. The summed E-state index contributed by atoms with van der Waals surface area (Å²) in [5.41, 5.74) is 4.70. The van der Waals surface area contributed by atoms with Crippen LogP contribution in [-0.2, 0) is 21.3 Å². The third-order valence-corrected chi connectivity index (χ3v) is 5.70. The van der Waals surface area contributed by atoms with Gasteiger partial charge in [0.2, 0.25) is 10.0 Å². The molecule has 2 N–H and O–H groups in total. The highest BCUT2D eigenvalue weighted by atomic mass is 32.2. The summed E-state index contributed by atoms with van der Waals surface area (Å²) in [6, 6.07) is 0. The van der Waals surface area contributed by atoms with Crippen LogP contribution in [0, 0.1) is 0 Å².